The highest BCUT2D eigenvalue weighted by molar-refractivity contribution is 7.17. The number of imidazole rings is 1. The largest absolute Gasteiger partial charge is 0.496 e. The molecule has 1 aromatic carbocycles. The van der Waals surface area contributed by atoms with Gasteiger partial charge < -0.3 is 14.6 Å². The zero-order valence-corrected chi connectivity index (χ0v) is 13.7. The molecule has 2 heterocycles. The van der Waals surface area contributed by atoms with Crippen molar-refractivity contribution in [3.8, 4) is 5.75 Å². The molecule has 0 spiro atoms. The third-order valence-electron chi connectivity index (χ3n) is 3.38. The molecule has 3 rings (SSSR count). The van der Waals surface area contributed by atoms with Crippen LogP contribution in [0, 0.1) is 0 Å². The van der Waals surface area contributed by atoms with Gasteiger partial charge in [0.15, 0.2) is 0 Å². The van der Waals surface area contributed by atoms with Crippen LogP contribution in [0.2, 0.25) is 4.34 Å². The van der Waals surface area contributed by atoms with Crippen molar-refractivity contribution in [2.75, 3.05) is 7.11 Å². The Bertz CT molecular complexity index is 841. The predicted octanol–water partition coefficient (Wildman–Crippen LogP) is 3.23. The molecule has 0 aliphatic carbocycles. The average Bonchev–Trinajstić information content (AvgIpc) is 3.11. The van der Waals surface area contributed by atoms with Gasteiger partial charge in [0, 0.05) is 19.2 Å². The van der Waals surface area contributed by atoms with Gasteiger partial charge in [0.1, 0.15) is 5.75 Å². The molecule has 0 aliphatic heterocycles. The number of halogens is 1. The van der Waals surface area contributed by atoms with Gasteiger partial charge in [0.25, 0.3) is 5.91 Å². The maximum Gasteiger partial charge on any atom is 0.261 e. The molecule has 0 radical (unpaired) electrons. The molecule has 7 heteroatoms. The molecule has 0 fully saturated rings. The highest BCUT2D eigenvalue weighted by atomic mass is 35.5. The molecular weight excluding hydrogens is 322 g/mol. The van der Waals surface area contributed by atoms with E-state index < -0.39 is 0 Å². The summed E-state index contributed by atoms with van der Waals surface area (Å²) in [7, 11) is 3.53. The molecule has 0 aliphatic rings. The lowest BCUT2D eigenvalue weighted by Crippen LogP contribution is -2.22. The van der Waals surface area contributed by atoms with Gasteiger partial charge in [-0.1, -0.05) is 11.6 Å². The van der Waals surface area contributed by atoms with Crippen molar-refractivity contribution < 1.29 is 9.53 Å². The summed E-state index contributed by atoms with van der Waals surface area (Å²) >= 11 is 7.11. The summed E-state index contributed by atoms with van der Waals surface area (Å²) in [6.45, 7) is 0.356. The van der Waals surface area contributed by atoms with Crippen molar-refractivity contribution in [1.29, 1.82) is 0 Å². The minimum atomic E-state index is -0.155. The van der Waals surface area contributed by atoms with E-state index in [2.05, 4.69) is 10.3 Å². The number of benzene rings is 1. The number of ether oxygens (including phenoxy) is 1. The zero-order valence-electron chi connectivity index (χ0n) is 12.1. The third-order valence-corrected chi connectivity index (χ3v) is 4.61. The lowest BCUT2D eigenvalue weighted by Gasteiger charge is -2.11. The number of amides is 1. The van der Waals surface area contributed by atoms with Crippen molar-refractivity contribution >= 4 is 39.9 Å². The molecule has 1 amide bonds. The molecule has 0 unspecified atom stereocenters. The number of fused-ring (bicyclic) bond motifs is 1. The van der Waals surface area contributed by atoms with Crippen molar-refractivity contribution in [3.63, 3.8) is 0 Å². The highest BCUT2D eigenvalue weighted by Gasteiger charge is 2.14. The first-order chi connectivity index (χ1) is 10.6. The Morgan fingerprint density at radius 2 is 2.23 bits per heavy atom. The summed E-state index contributed by atoms with van der Waals surface area (Å²) in [5.41, 5.74) is 2.71. The standard InChI is InChI=1S/C15H14ClN3O2S/c1-19-8-18-10-3-4-11(21-2)9(14(10)19)7-17-15(20)12-5-6-13(16)22-12/h3-6,8H,7H2,1-2H3,(H,17,20). The fourth-order valence-electron chi connectivity index (χ4n) is 2.36. The van der Waals surface area contributed by atoms with Crippen LogP contribution in [0.1, 0.15) is 15.2 Å². The van der Waals surface area contributed by atoms with Gasteiger partial charge in [-0.3, -0.25) is 4.79 Å². The van der Waals surface area contributed by atoms with Crippen molar-refractivity contribution in [1.82, 2.24) is 14.9 Å². The van der Waals surface area contributed by atoms with Gasteiger partial charge >= 0.3 is 0 Å². The van der Waals surface area contributed by atoms with Crippen LogP contribution in [0.25, 0.3) is 11.0 Å². The molecular formula is C15H14ClN3O2S. The number of nitrogens with one attached hydrogen (secondary N) is 1. The summed E-state index contributed by atoms with van der Waals surface area (Å²) in [6, 6.07) is 7.19. The van der Waals surface area contributed by atoms with E-state index >= 15 is 0 Å². The number of hydrogen-bond acceptors (Lipinski definition) is 4. The maximum atomic E-state index is 12.2. The molecule has 0 saturated carbocycles. The second-order valence-electron chi connectivity index (χ2n) is 4.76. The van der Waals surface area contributed by atoms with Crippen molar-refractivity contribution in [2.45, 2.75) is 6.54 Å². The van der Waals surface area contributed by atoms with E-state index in [0.717, 1.165) is 22.3 Å². The summed E-state index contributed by atoms with van der Waals surface area (Å²) in [6.07, 6.45) is 1.74. The van der Waals surface area contributed by atoms with Crippen LogP contribution >= 0.6 is 22.9 Å². The Morgan fingerprint density at radius 1 is 1.41 bits per heavy atom. The number of hydrogen-bond donors (Lipinski definition) is 1. The van der Waals surface area contributed by atoms with E-state index in [9.17, 15) is 4.79 Å². The van der Waals surface area contributed by atoms with E-state index in [1.165, 1.54) is 11.3 Å². The minimum absolute atomic E-state index is 0.155. The summed E-state index contributed by atoms with van der Waals surface area (Å²) in [5, 5.41) is 2.90. The number of carbonyl (C=O) groups excluding carboxylic acids is 1. The summed E-state index contributed by atoms with van der Waals surface area (Å²) in [4.78, 5) is 17.1. The monoisotopic (exact) mass is 335 g/mol. The van der Waals surface area contributed by atoms with E-state index in [4.69, 9.17) is 16.3 Å². The number of methoxy groups -OCH3 is 1. The number of thiophene rings is 1. The lowest BCUT2D eigenvalue weighted by atomic mass is 10.1. The van der Waals surface area contributed by atoms with Crippen molar-refractivity contribution in [3.05, 3.63) is 45.4 Å². The fourth-order valence-corrected chi connectivity index (χ4v) is 3.32. The van der Waals surface area contributed by atoms with E-state index in [0.29, 0.717) is 15.8 Å². The molecule has 0 atom stereocenters. The van der Waals surface area contributed by atoms with Gasteiger partial charge in [-0.05, 0) is 24.3 Å². The molecule has 1 N–H and O–H groups in total. The van der Waals surface area contributed by atoms with Crippen LogP contribution in [-0.4, -0.2) is 22.6 Å². The summed E-state index contributed by atoms with van der Waals surface area (Å²) in [5.74, 6) is 0.568. The topological polar surface area (TPSA) is 56.1 Å². The van der Waals surface area contributed by atoms with E-state index in [1.54, 1.807) is 25.6 Å². The predicted molar refractivity (Wildman–Crippen MR) is 87.8 cm³/mol. The Labute approximate surface area is 136 Å². The molecule has 3 aromatic rings. The molecule has 0 saturated heterocycles. The van der Waals surface area contributed by atoms with Crippen LogP contribution in [0.15, 0.2) is 30.6 Å². The second kappa shape index (κ2) is 5.98. The first kappa shape index (κ1) is 14.9. The highest BCUT2D eigenvalue weighted by Crippen LogP contribution is 2.27. The second-order valence-corrected chi connectivity index (χ2v) is 6.47. The third kappa shape index (κ3) is 2.67. The number of rotatable bonds is 4. The Morgan fingerprint density at radius 3 is 2.91 bits per heavy atom. The maximum absolute atomic E-state index is 12.2. The molecule has 22 heavy (non-hydrogen) atoms. The fraction of sp³-hybridized carbons (Fsp3) is 0.200. The van der Waals surface area contributed by atoms with Gasteiger partial charge in [-0.2, -0.15) is 0 Å². The quantitative estimate of drug-likeness (QED) is 0.796. The number of aromatic nitrogens is 2. The molecule has 5 nitrogen and oxygen atoms in total. The zero-order chi connectivity index (χ0) is 15.7. The van der Waals surface area contributed by atoms with Crippen molar-refractivity contribution in [2.24, 2.45) is 7.05 Å². The van der Waals surface area contributed by atoms with Crippen LogP contribution in [0.5, 0.6) is 5.75 Å². The average molecular weight is 336 g/mol. The Hall–Kier alpha value is -2.05. The first-order valence-corrected chi connectivity index (χ1v) is 7.80. The smallest absolute Gasteiger partial charge is 0.261 e. The Kier molecular flexibility index (Phi) is 4.04. The normalized spacial score (nSPS) is 10.9. The molecule has 2 aromatic heterocycles. The minimum Gasteiger partial charge on any atom is -0.496 e. The van der Waals surface area contributed by atoms with Crippen LogP contribution in [0.3, 0.4) is 0 Å². The van der Waals surface area contributed by atoms with Gasteiger partial charge in [-0.15, -0.1) is 11.3 Å². The van der Waals surface area contributed by atoms with E-state index in [1.807, 2.05) is 23.7 Å². The first-order valence-electron chi connectivity index (χ1n) is 6.60. The van der Waals surface area contributed by atoms with Crippen LogP contribution < -0.4 is 10.1 Å². The number of aryl methyl sites for hydroxylation is 1. The molecule has 0 bridgehead atoms. The Balaban J connectivity index is 1.89. The van der Waals surface area contributed by atoms with Crippen LogP contribution in [0.4, 0.5) is 0 Å². The number of nitrogens with zero attached hydrogens (tertiary/aromatic N) is 2. The number of carbonyl (C=O) groups is 1. The lowest BCUT2D eigenvalue weighted by molar-refractivity contribution is 0.0955. The van der Waals surface area contributed by atoms with E-state index in [-0.39, 0.29) is 5.91 Å². The SMILES string of the molecule is COc1ccc2ncn(C)c2c1CNC(=O)c1ccc(Cl)s1. The van der Waals surface area contributed by atoms with Gasteiger partial charge in [-0.25, -0.2) is 4.98 Å². The molecule has 114 valence electrons. The van der Waals surface area contributed by atoms with Gasteiger partial charge in [0.05, 0.1) is 33.7 Å². The van der Waals surface area contributed by atoms with Crippen LogP contribution in [-0.2, 0) is 13.6 Å². The summed E-state index contributed by atoms with van der Waals surface area (Å²) < 4.78 is 7.92. The van der Waals surface area contributed by atoms with Gasteiger partial charge in [0.2, 0.25) is 0 Å².